The van der Waals surface area contributed by atoms with Gasteiger partial charge in [0.15, 0.2) is 0 Å². The molecule has 5 rings (SSSR count). The van der Waals surface area contributed by atoms with Crippen LogP contribution in [-0.4, -0.2) is 65.0 Å². The van der Waals surface area contributed by atoms with E-state index < -0.39 is 0 Å². The van der Waals surface area contributed by atoms with E-state index in [1.807, 2.05) is 18.2 Å². The van der Waals surface area contributed by atoms with Gasteiger partial charge in [-0.1, -0.05) is 18.2 Å². The van der Waals surface area contributed by atoms with Crippen LogP contribution in [-0.2, 0) is 22.6 Å². The molecule has 1 aromatic carbocycles. The van der Waals surface area contributed by atoms with E-state index in [4.69, 9.17) is 14.5 Å². The fourth-order valence-corrected chi connectivity index (χ4v) is 5.14. The van der Waals surface area contributed by atoms with Gasteiger partial charge in [0.25, 0.3) is 0 Å². The van der Waals surface area contributed by atoms with Crippen LogP contribution < -0.4 is 0 Å². The summed E-state index contributed by atoms with van der Waals surface area (Å²) in [5.74, 6) is 1.78. The highest BCUT2D eigenvalue weighted by Crippen LogP contribution is 2.32. The number of imidazole rings is 1. The zero-order valence-electron chi connectivity index (χ0n) is 18.6. The standard InChI is InChI=1S/C25H31N3O4/c1-31-25(30)19-5-6-22-23(12-19)28(14-21-8-10-32-21)24(26-22)15-27-9-7-20(13-27)18-4-2-3-17(11-18)16-29/h2-3,5-6,11-12,18,20-21,29H,4,7-10,13-16H2,1H3/t18?,20-,21+/m1/s1. The fraction of sp³-hybridized carbons (Fsp3) is 0.520. The Hall–Kier alpha value is -2.48. The molecule has 2 saturated heterocycles. The summed E-state index contributed by atoms with van der Waals surface area (Å²) >= 11 is 0. The van der Waals surface area contributed by atoms with Crippen molar-refractivity contribution in [2.45, 2.75) is 38.5 Å². The summed E-state index contributed by atoms with van der Waals surface area (Å²) in [6.45, 7) is 4.54. The summed E-state index contributed by atoms with van der Waals surface area (Å²) in [7, 11) is 1.40. The number of nitrogens with zero attached hydrogens (tertiary/aromatic N) is 3. The number of hydrogen-bond acceptors (Lipinski definition) is 6. The van der Waals surface area contributed by atoms with Crippen molar-refractivity contribution in [3.63, 3.8) is 0 Å². The molecule has 0 amide bonds. The van der Waals surface area contributed by atoms with E-state index in [-0.39, 0.29) is 18.7 Å². The second kappa shape index (κ2) is 9.17. The van der Waals surface area contributed by atoms with Crippen LogP contribution in [0.2, 0.25) is 0 Å². The second-order valence-corrected chi connectivity index (χ2v) is 9.10. The Morgan fingerprint density at radius 2 is 2.22 bits per heavy atom. The van der Waals surface area contributed by atoms with Gasteiger partial charge < -0.3 is 19.1 Å². The molecule has 1 aliphatic carbocycles. The van der Waals surface area contributed by atoms with E-state index in [2.05, 4.69) is 21.6 Å². The highest BCUT2D eigenvalue weighted by molar-refractivity contribution is 5.93. The number of allylic oxidation sites excluding steroid dienone is 2. The van der Waals surface area contributed by atoms with Crippen molar-refractivity contribution in [2.24, 2.45) is 11.8 Å². The van der Waals surface area contributed by atoms with Crippen molar-refractivity contribution >= 4 is 17.0 Å². The van der Waals surface area contributed by atoms with Crippen LogP contribution in [0.3, 0.4) is 0 Å². The molecule has 3 heterocycles. The Balaban J connectivity index is 1.36. The van der Waals surface area contributed by atoms with E-state index in [0.29, 0.717) is 17.4 Å². The van der Waals surface area contributed by atoms with Crippen molar-refractivity contribution in [1.29, 1.82) is 0 Å². The lowest BCUT2D eigenvalue weighted by Crippen LogP contribution is -2.32. The molecule has 0 radical (unpaired) electrons. The largest absolute Gasteiger partial charge is 0.465 e. The Morgan fingerprint density at radius 3 is 2.97 bits per heavy atom. The molecular weight excluding hydrogens is 406 g/mol. The van der Waals surface area contributed by atoms with Gasteiger partial charge in [0.05, 0.1) is 49.5 Å². The van der Waals surface area contributed by atoms with Crippen LogP contribution in [0.5, 0.6) is 0 Å². The lowest BCUT2D eigenvalue weighted by Gasteiger charge is -2.28. The van der Waals surface area contributed by atoms with Gasteiger partial charge in [0, 0.05) is 13.2 Å². The maximum absolute atomic E-state index is 12.1. The molecule has 1 aromatic heterocycles. The SMILES string of the molecule is COC(=O)c1ccc2nc(CN3CC[C@@H](C4C=C(CO)C=CC4)C3)n(C[C@@H]3CCO3)c2c1. The van der Waals surface area contributed by atoms with Gasteiger partial charge in [0.1, 0.15) is 5.82 Å². The normalized spacial score (nSPS) is 25.7. The van der Waals surface area contributed by atoms with Crippen LogP contribution in [0.25, 0.3) is 11.0 Å². The molecule has 3 aliphatic rings. The number of rotatable bonds is 7. The van der Waals surface area contributed by atoms with Crippen molar-refractivity contribution in [1.82, 2.24) is 14.5 Å². The summed E-state index contributed by atoms with van der Waals surface area (Å²) in [5.41, 5.74) is 3.43. The van der Waals surface area contributed by atoms with E-state index in [1.54, 1.807) is 6.07 Å². The zero-order valence-corrected chi connectivity index (χ0v) is 18.6. The predicted molar refractivity (Wildman–Crippen MR) is 121 cm³/mol. The van der Waals surface area contributed by atoms with Gasteiger partial charge in [-0.2, -0.15) is 0 Å². The third-order valence-electron chi connectivity index (χ3n) is 7.06. The van der Waals surface area contributed by atoms with Crippen LogP contribution in [0.1, 0.15) is 35.4 Å². The summed E-state index contributed by atoms with van der Waals surface area (Å²) in [4.78, 5) is 19.5. The summed E-state index contributed by atoms with van der Waals surface area (Å²) in [6.07, 6.45) is 9.95. The first kappa shape index (κ1) is 21.4. The predicted octanol–water partition coefficient (Wildman–Crippen LogP) is 2.93. The quantitative estimate of drug-likeness (QED) is 0.672. The number of benzene rings is 1. The number of hydrogen-bond donors (Lipinski definition) is 1. The number of likely N-dealkylation sites (tertiary alicyclic amines) is 1. The minimum absolute atomic E-state index is 0.115. The molecule has 0 saturated carbocycles. The van der Waals surface area contributed by atoms with E-state index >= 15 is 0 Å². The lowest BCUT2D eigenvalue weighted by atomic mass is 9.84. The lowest BCUT2D eigenvalue weighted by molar-refractivity contribution is -0.0591. The first-order valence-electron chi connectivity index (χ1n) is 11.5. The highest BCUT2D eigenvalue weighted by Gasteiger charge is 2.30. The van der Waals surface area contributed by atoms with E-state index in [1.165, 1.54) is 7.11 Å². The summed E-state index contributed by atoms with van der Waals surface area (Å²) in [5, 5.41) is 9.48. The molecule has 1 N–H and O–H groups in total. The van der Waals surface area contributed by atoms with Gasteiger partial charge in [-0.05, 0) is 61.4 Å². The summed E-state index contributed by atoms with van der Waals surface area (Å²) < 4.78 is 12.8. The minimum Gasteiger partial charge on any atom is -0.465 e. The average Bonchev–Trinajstić information content (AvgIpc) is 3.40. The first-order chi connectivity index (χ1) is 15.6. The Labute approximate surface area is 188 Å². The number of ether oxygens (including phenoxy) is 2. The molecule has 0 bridgehead atoms. The minimum atomic E-state index is -0.333. The van der Waals surface area contributed by atoms with Crippen molar-refractivity contribution < 1.29 is 19.4 Å². The molecule has 7 nitrogen and oxygen atoms in total. The first-order valence-corrected chi connectivity index (χ1v) is 11.5. The number of aromatic nitrogens is 2. The van der Waals surface area contributed by atoms with Crippen LogP contribution in [0.15, 0.2) is 42.0 Å². The van der Waals surface area contributed by atoms with Crippen LogP contribution in [0.4, 0.5) is 0 Å². The second-order valence-electron chi connectivity index (χ2n) is 9.10. The molecule has 2 aromatic rings. The fourth-order valence-electron chi connectivity index (χ4n) is 5.14. The number of methoxy groups -OCH3 is 1. The molecule has 2 aliphatic heterocycles. The van der Waals surface area contributed by atoms with Gasteiger partial charge in [-0.25, -0.2) is 9.78 Å². The number of carbonyl (C=O) groups excluding carboxylic acids is 1. The van der Waals surface area contributed by atoms with Gasteiger partial charge in [0.2, 0.25) is 0 Å². The Morgan fingerprint density at radius 1 is 1.34 bits per heavy atom. The molecule has 7 heteroatoms. The van der Waals surface area contributed by atoms with Gasteiger partial charge in [-0.3, -0.25) is 4.90 Å². The molecule has 2 fully saturated rings. The smallest absolute Gasteiger partial charge is 0.337 e. The van der Waals surface area contributed by atoms with E-state index in [9.17, 15) is 9.90 Å². The number of carbonyl (C=O) groups is 1. The Bertz CT molecular complexity index is 1050. The van der Waals surface area contributed by atoms with E-state index in [0.717, 1.165) is 74.5 Å². The average molecular weight is 438 g/mol. The molecular formula is C25H31N3O4. The molecule has 170 valence electrons. The van der Waals surface area contributed by atoms with Crippen LogP contribution >= 0.6 is 0 Å². The number of aliphatic hydroxyl groups excluding tert-OH is 1. The number of aliphatic hydroxyl groups is 1. The van der Waals surface area contributed by atoms with Crippen molar-refractivity contribution in [3.05, 3.63) is 53.4 Å². The van der Waals surface area contributed by atoms with Crippen molar-refractivity contribution in [3.8, 4) is 0 Å². The van der Waals surface area contributed by atoms with Crippen molar-refractivity contribution in [2.75, 3.05) is 33.4 Å². The topological polar surface area (TPSA) is 76.8 Å². The van der Waals surface area contributed by atoms with Gasteiger partial charge in [-0.15, -0.1) is 0 Å². The monoisotopic (exact) mass is 437 g/mol. The highest BCUT2D eigenvalue weighted by atomic mass is 16.5. The third-order valence-corrected chi connectivity index (χ3v) is 7.06. The molecule has 0 spiro atoms. The summed E-state index contributed by atoms with van der Waals surface area (Å²) in [6, 6.07) is 5.58. The Kier molecular flexibility index (Phi) is 6.13. The maximum Gasteiger partial charge on any atom is 0.337 e. The molecule has 32 heavy (non-hydrogen) atoms. The zero-order chi connectivity index (χ0) is 22.1. The molecule has 3 atom stereocenters. The number of fused-ring (bicyclic) bond motifs is 1. The van der Waals surface area contributed by atoms with Gasteiger partial charge >= 0.3 is 5.97 Å². The third kappa shape index (κ3) is 4.25. The van der Waals surface area contributed by atoms with Crippen LogP contribution in [0, 0.1) is 11.8 Å². The maximum atomic E-state index is 12.1. The molecule has 1 unspecified atom stereocenters. The number of esters is 1.